The molecule has 0 saturated heterocycles. The molecule has 0 fully saturated rings. The Balaban J connectivity index is 0.00000512. The smallest absolute Gasteiger partial charge is 0.253 e. The fraction of sp³-hybridized carbons (Fsp3) is 0.364. The van der Waals surface area contributed by atoms with E-state index < -0.39 is 10.0 Å². The quantitative estimate of drug-likeness (QED) is 0.241. The Bertz CT molecular complexity index is 1010. The van der Waals surface area contributed by atoms with Crippen molar-refractivity contribution < 1.29 is 13.2 Å². The number of hydrogen-bond donors (Lipinski definition) is 3. The van der Waals surface area contributed by atoms with Gasteiger partial charge in [0.2, 0.25) is 10.0 Å². The average molecular weight is 574 g/mol. The molecular weight excluding hydrogens is 541 g/mol. The normalized spacial score (nSPS) is 11.4. The van der Waals surface area contributed by atoms with Crippen molar-refractivity contribution in [2.45, 2.75) is 24.7 Å². The summed E-state index contributed by atoms with van der Waals surface area (Å²) < 4.78 is 22.6. The van der Waals surface area contributed by atoms with Crippen LogP contribution >= 0.6 is 24.0 Å². The van der Waals surface area contributed by atoms with Gasteiger partial charge in [-0.1, -0.05) is 24.3 Å². The van der Waals surface area contributed by atoms with Crippen molar-refractivity contribution in [3.63, 3.8) is 0 Å². The van der Waals surface area contributed by atoms with E-state index in [2.05, 4.69) is 15.6 Å². The maximum Gasteiger partial charge on any atom is 0.253 e. The number of rotatable bonds is 9. The van der Waals surface area contributed by atoms with E-state index in [-0.39, 0.29) is 34.8 Å². The van der Waals surface area contributed by atoms with Crippen LogP contribution in [0.15, 0.2) is 58.4 Å². The van der Waals surface area contributed by atoms with E-state index in [0.717, 1.165) is 24.1 Å². The van der Waals surface area contributed by atoms with Crippen LogP contribution in [0, 0.1) is 0 Å². The molecule has 0 heterocycles. The third-order valence-corrected chi connectivity index (χ3v) is 5.48. The minimum Gasteiger partial charge on any atom is -0.357 e. The number of nitrogens with two attached hydrogens (primary N) is 1. The summed E-state index contributed by atoms with van der Waals surface area (Å²) in [6, 6.07) is 14.1. The molecular formula is C22H32IN5O3S. The molecule has 4 N–H and O–H groups in total. The van der Waals surface area contributed by atoms with Gasteiger partial charge in [0.25, 0.3) is 5.91 Å². The van der Waals surface area contributed by atoms with Gasteiger partial charge in [-0.3, -0.25) is 9.79 Å². The van der Waals surface area contributed by atoms with Crippen molar-refractivity contribution in [3.8, 4) is 0 Å². The van der Waals surface area contributed by atoms with Gasteiger partial charge in [-0.05, 0) is 55.2 Å². The fourth-order valence-electron chi connectivity index (χ4n) is 2.93. The van der Waals surface area contributed by atoms with E-state index in [1.807, 2.05) is 31.2 Å². The summed E-state index contributed by atoms with van der Waals surface area (Å²) in [7, 11) is -0.194. The molecule has 0 atom stereocenters. The minimum absolute atomic E-state index is 0. The Morgan fingerprint density at radius 2 is 1.72 bits per heavy atom. The molecule has 0 spiro atoms. The van der Waals surface area contributed by atoms with Gasteiger partial charge in [-0.15, -0.1) is 24.0 Å². The van der Waals surface area contributed by atoms with Crippen LogP contribution in [0.25, 0.3) is 0 Å². The van der Waals surface area contributed by atoms with Crippen LogP contribution in [0.4, 0.5) is 0 Å². The molecule has 0 aliphatic rings. The fourth-order valence-corrected chi connectivity index (χ4v) is 3.44. The molecule has 2 rings (SSSR count). The number of guanidine groups is 1. The van der Waals surface area contributed by atoms with Gasteiger partial charge >= 0.3 is 0 Å². The van der Waals surface area contributed by atoms with Crippen LogP contribution in [0.2, 0.25) is 0 Å². The van der Waals surface area contributed by atoms with Crippen LogP contribution in [-0.4, -0.2) is 58.9 Å². The van der Waals surface area contributed by atoms with Crippen LogP contribution < -0.4 is 15.8 Å². The van der Waals surface area contributed by atoms with E-state index in [0.29, 0.717) is 31.0 Å². The second-order valence-corrected chi connectivity index (χ2v) is 8.84. The van der Waals surface area contributed by atoms with Crippen molar-refractivity contribution in [3.05, 3.63) is 65.2 Å². The van der Waals surface area contributed by atoms with Crippen molar-refractivity contribution in [1.82, 2.24) is 15.5 Å². The molecule has 8 nitrogen and oxygen atoms in total. The lowest BCUT2D eigenvalue weighted by Gasteiger charge is -2.13. The van der Waals surface area contributed by atoms with E-state index in [1.165, 1.54) is 12.1 Å². The topological polar surface area (TPSA) is 117 Å². The van der Waals surface area contributed by atoms with E-state index in [1.54, 1.807) is 31.1 Å². The molecule has 2 aromatic carbocycles. The highest BCUT2D eigenvalue weighted by atomic mass is 127. The summed E-state index contributed by atoms with van der Waals surface area (Å²) in [6.07, 6.45) is 1.43. The first-order chi connectivity index (χ1) is 14.7. The lowest BCUT2D eigenvalue weighted by molar-refractivity contribution is 0.0827. The molecule has 0 radical (unpaired) electrons. The summed E-state index contributed by atoms with van der Waals surface area (Å²) in [4.78, 5) is 18.4. The zero-order valence-electron chi connectivity index (χ0n) is 18.7. The Morgan fingerprint density at radius 1 is 1.03 bits per heavy atom. The maximum absolute atomic E-state index is 12.1. The summed E-state index contributed by atoms with van der Waals surface area (Å²) in [6.45, 7) is 3.96. The Morgan fingerprint density at radius 3 is 2.31 bits per heavy atom. The molecule has 0 aliphatic heterocycles. The number of benzene rings is 2. The SMILES string of the molecule is CCNC(=NCCc1ccc(S(N)(=O)=O)cc1)NCCc1cccc(C(=O)N(C)C)c1.I. The van der Waals surface area contributed by atoms with Gasteiger partial charge in [0.15, 0.2) is 5.96 Å². The zero-order valence-corrected chi connectivity index (χ0v) is 21.8. The number of sulfonamides is 1. The molecule has 0 bridgehead atoms. The molecule has 0 saturated carbocycles. The Labute approximate surface area is 207 Å². The molecule has 10 heteroatoms. The highest BCUT2D eigenvalue weighted by Crippen LogP contribution is 2.10. The first kappa shape index (κ1) is 27.9. The lowest BCUT2D eigenvalue weighted by atomic mass is 10.1. The number of amides is 1. The summed E-state index contributed by atoms with van der Waals surface area (Å²) in [5.74, 6) is 0.700. The zero-order chi connectivity index (χ0) is 22.9. The van der Waals surface area contributed by atoms with E-state index in [4.69, 9.17) is 5.14 Å². The van der Waals surface area contributed by atoms with E-state index in [9.17, 15) is 13.2 Å². The summed E-state index contributed by atoms with van der Waals surface area (Å²) in [5.41, 5.74) is 2.73. The Hall–Kier alpha value is -2.18. The van der Waals surface area contributed by atoms with Gasteiger partial charge < -0.3 is 15.5 Å². The number of hydrogen-bond acceptors (Lipinski definition) is 4. The molecule has 0 unspecified atom stereocenters. The number of nitrogens with zero attached hydrogens (tertiary/aromatic N) is 2. The minimum atomic E-state index is -3.67. The monoisotopic (exact) mass is 573 g/mol. The number of nitrogens with one attached hydrogen (secondary N) is 2. The van der Waals surface area contributed by atoms with E-state index >= 15 is 0 Å². The van der Waals surface area contributed by atoms with Crippen LogP contribution in [0.5, 0.6) is 0 Å². The highest BCUT2D eigenvalue weighted by molar-refractivity contribution is 14.0. The Kier molecular flexibility index (Phi) is 11.7. The van der Waals surface area contributed by atoms with Gasteiger partial charge in [0.05, 0.1) is 4.90 Å². The summed E-state index contributed by atoms with van der Waals surface area (Å²) >= 11 is 0. The molecule has 176 valence electrons. The number of halogens is 1. The number of aliphatic imine (C=N–C) groups is 1. The summed E-state index contributed by atoms with van der Waals surface area (Å²) in [5, 5.41) is 11.6. The molecule has 32 heavy (non-hydrogen) atoms. The van der Waals surface area contributed by atoms with Crippen LogP contribution in [0.3, 0.4) is 0 Å². The maximum atomic E-state index is 12.1. The largest absolute Gasteiger partial charge is 0.357 e. The van der Waals surface area contributed by atoms with Crippen molar-refractivity contribution >= 4 is 45.9 Å². The predicted molar refractivity (Wildman–Crippen MR) is 139 cm³/mol. The number of primary sulfonamides is 1. The first-order valence-corrected chi connectivity index (χ1v) is 11.7. The van der Waals surface area contributed by atoms with Crippen LogP contribution in [0.1, 0.15) is 28.4 Å². The highest BCUT2D eigenvalue weighted by Gasteiger charge is 2.08. The third-order valence-electron chi connectivity index (χ3n) is 4.55. The van der Waals surface area contributed by atoms with Crippen LogP contribution in [-0.2, 0) is 22.9 Å². The van der Waals surface area contributed by atoms with Gasteiger partial charge in [-0.25, -0.2) is 13.6 Å². The van der Waals surface area contributed by atoms with Crippen molar-refractivity contribution in [1.29, 1.82) is 0 Å². The van der Waals surface area contributed by atoms with Gasteiger partial charge in [0.1, 0.15) is 0 Å². The standard InChI is InChI=1S/C22H31N5O3S.HI/c1-4-24-22(25-14-12-17-8-10-20(11-9-17)31(23,29)30)26-15-13-18-6-5-7-19(16-18)21(28)27(2)3;/h5-11,16H,4,12-15H2,1-3H3,(H2,23,29,30)(H2,24,25,26);1H. The average Bonchev–Trinajstić information content (AvgIpc) is 2.73. The third kappa shape index (κ3) is 9.13. The van der Waals surface area contributed by atoms with Gasteiger partial charge in [0, 0.05) is 39.3 Å². The molecule has 0 aliphatic carbocycles. The lowest BCUT2D eigenvalue weighted by Crippen LogP contribution is -2.38. The molecule has 1 amide bonds. The second kappa shape index (κ2) is 13.4. The first-order valence-electron chi connectivity index (χ1n) is 10.1. The molecule has 2 aromatic rings. The van der Waals surface area contributed by atoms with Crippen molar-refractivity contribution in [2.75, 3.05) is 33.7 Å². The van der Waals surface area contributed by atoms with Gasteiger partial charge in [-0.2, -0.15) is 0 Å². The number of carbonyl (C=O) groups is 1. The predicted octanol–water partition coefficient (Wildman–Crippen LogP) is 1.99. The number of carbonyl (C=O) groups excluding carboxylic acids is 1. The second-order valence-electron chi connectivity index (χ2n) is 7.28. The van der Waals surface area contributed by atoms with Crippen molar-refractivity contribution in [2.24, 2.45) is 10.1 Å². The molecule has 0 aromatic heterocycles.